The Morgan fingerprint density at radius 3 is 2.75 bits per heavy atom. The topological polar surface area (TPSA) is 51.2 Å². The van der Waals surface area contributed by atoms with Crippen LogP contribution in [0, 0.1) is 0 Å². The molecule has 2 aromatic heterocycles. The molecule has 6 heteroatoms. The Balaban J connectivity index is 2.12. The number of halogens is 2. The first-order valence-corrected chi connectivity index (χ1v) is 7.10. The Bertz CT molecular complexity index is 469. The molecule has 2 rings (SSSR count). The fourth-order valence-electron chi connectivity index (χ4n) is 1.42. The number of nitrogens with one attached hydrogen (secondary N) is 1. The molecule has 86 valence electrons. The Morgan fingerprint density at radius 2 is 2.25 bits per heavy atom. The molecule has 0 saturated carbocycles. The number of thiophene rings is 1. The molecule has 0 aromatic carbocycles. The Morgan fingerprint density at radius 1 is 1.44 bits per heavy atom. The van der Waals surface area contributed by atoms with Crippen molar-refractivity contribution in [3.8, 4) is 0 Å². The van der Waals surface area contributed by atoms with Crippen molar-refractivity contribution >= 4 is 43.2 Å². The van der Waals surface area contributed by atoms with E-state index >= 15 is 0 Å². The van der Waals surface area contributed by atoms with Crippen LogP contribution in [0.2, 0.25) is 0 Å². The van der Waals surface area contributed by atoms with Gasteiger partial charge in [-0.3, -0.25) is 5.84 Å². The van der Waals surface area contributed by atoms with E-state index in [4.69, 9.17) is 10.3 Å². The number of furan rings is 1. The second kappa shape index (κ2) is 5.46. The van der Waals surface area contributed by atoms with Gasteiger partial charge in [0.15, 0.2) is 4.67 Å². The summed E-state index contributed by atoms with van der Waals surface area (Å²) in [6.07, 6.45) is 0.812. The summed E-state index contributed by atoms with van der Waals surface area (Å²) in [5, 5.41) is 2.06. The summed E-state index contributed by atoms with van der Waals surface area (Å²) in [5.74, 6) is 6.37. The first-order chi connectivity index (χ1) is 7.69. The monoisotopic (exact) mass is 364 g/mol. The van der Waals surface area contributed by atoms with E-state index < -0.39 is 0 Å². The predicted molar refractivity (Wildman–Crippen MR) is 72.2 cm³/mol. The van der Waals surface area contributed by atoms with Crippen LogP contribution in [0.15, 0.2) is 37.1 Å². The lowest BCUT2D eigenvalue weighted by molar-refractivity contribution is 0.406. The van der Waals surface area contributed by atoms with Crippen LogP contribution in [0.1, 0.15) is 16.7 Å². The van der Waals surface area contributed by atoms with Crippen molar-refractivity contribution in [2.75, 3.05) is 0 Å². The zero-order chi connectivity index (χ0) is 11.5. The zero-order valence-electron chi connectivity index (χ0n) is 8.24. The van der Waals surface area contributed by atoms with E-state index in [1.165, 1.54) is 4.88 Å². The SMILES string of the molecule is NNC(Cc1cc(Br)cs1)c1ccc(Br)o1. The maximum Gasteiger partial charge on any atom is 0.169 e. The quantitative estimate of drug-likeness (QED) is 0.642. The van der Waals surface area contributed by atoms with Gasteiger partial charge in [-0.2, -0.15) is 0 Å². The third-order valence-corrected chi connectivity index (χ3v) is 4.31. The summed E-state index contributed by atoms with van der Waals surface area (Å²) in [6, 6.07) is 5.87. The first-order valence-electron chi connectivity index (χ1n) is 4.63. The molecule has 3 N–H and O–H groups in total. The molecule has 0 radical (unpaired) electrons. The maximum atomic E-state index is 5.54. The number of rotatable bonds is 4. The predicted octanol–water partition coefficient (Wildman–Crippen LogP) is 3.61. The second-order valence-corrected chi connectivity index (χ2v) is 5.99. The third kappa shape index (κ3) is 2.95. The average molecular weight is 366 g/mol. The number of nitrogens with two attached hydrogens (primary N) is 1. The van der Waals surface area contributed by atoms with Gasteiger partial charge >= 0.3 is 0 Å². The number of hydrazine groups is 1. The number of hydrogen-bond acceptors (Lipinski definition) is 4. The smallest absolute Gasteiger partial charge is 0.169 e. The summed E-state index contributed by atoms with van der Waals surface area (Å²) < 4.78 is 7.30. The summed E-state index contributed by atoms with van der Waals surface area (Å²) in [7, 11) is 0. The molecule has 0 amide bonds. The minimum Gasteiger partial charge on any atom is -0.453 e. The van der Waals surface area contributed by atoms with Gasteiger partial charge in [0.25, 0.3) is 0 Å². The molecular weight excluding hydrogens is 356 g/mol. The van der Waals surface area contributed by atoms with Crippen LogP contribution in [0.4, 0.5) is 0 Å². The molecule has 0 bridgehead atoms. The lowest BCUT2D eigenvalue weighted by Gasteiger charge is -2.11. The summed E-state index contributed by atoms with van der Waals surface area (Å²) in [4.78, 5) is 1.25. The second-order valence-electron chi connectivity index (χ2n) is 3.30. The summed E-state index contributed by atoms with van der Waals surface area (Å²) in [6.45, 7) is 0. The molecule has 3 nitrogen and oxygen atoms in total. The van der Waals surface area contributed by atoms with E-state index in [2.05, 4.69) is 48.7 Å². The van der Waals surface area contributed by atoms with Crippen molar-refractivity contribution in [2.45, 2.75) is 12.5 Å². The Kier molecular flexibility index (Phi) is 4.21. The highest BCUT2D eigenvalue weighted by molar-refractivity contribution is 9.10. The van der Waals surface area contributed by atoms with E-state index in [1.54, 1.807) is 11.3 Å². The van der Waals surface area contributed by atoms with Crippen LogP contribution in [-0.4, -0.2) is 0 Å². The lowest BCUT2D eigenvalue weighted by atomic mass is 10.1. The van der Waals surface area contributed by atoms with Crippen LogP contribution in [0.25, 0.3) is 0 Å². The van der Waals surface area contributed by atoms with Crippen LogP contribution >= 0.6 is 43.2 Å². The van der Waals surface area contributed by atoms with Gasteiger partial charge in [0.1, 0.15) is 5.76 Å². The highest BCUT2D eigenvalue weighted by atomic mass is 79.9. The van der Waals surface area contributed by atoms with E-state index in [0.29, 0.717) is 0 Å². The van der Waals surface area contributed by atoms with Gasteiger partial charge in [-0.05, 0) is 50.1 Å². The van der Waals surface area contributed by atoms with Gasteiger partial charge in [-0.1, -0.05) is 0 Å². The molecule has 0 saturated heterocycles. The first kappa shape index (κ1) is 12.3. The molecule has 0 fully saturated rings. The van der Waals surface area contributed by atoms with Crippen molar-refractivity contribution in [3.63, 3.8) is 0 Å². The highest BCUT2D eigenvalue weighted by Gasteiger charge is 2.15. The molecule has 1 atom stereocenters. The van der Waals surface area contributed by atoms with Crippen molar-refractivity contribution < 1.29 is 4.42 Å². The van der Waals surface area contributed by atoms with Gasteiger partial charge in [0.2, 0.25) is 0 Å². The van der Waals surface area contributed by atoms with Crippen LogP contribution in [-0.2, 0) is 6.42 Å². The fraction of sp³-hybridized carbons (Fsp3) is 0.200. The summed E-state index contributed by atoms with van der Waals surface area (Å²) in [5.41, 5.74) is 2.77. The van der Waals surface area contributed by atoms with E-state index in [0.717, 1.165) is 21.3 Å². The van der Waals surface area contributed by atoms with Crippen LogP contribution in [0.3, 0.4) is 0 Å². The van der Waals surface area contributed by atoms with Crippen molar-refractivity contribution in [2.24, 2.45) is 5.84 Å². The number of hydrogen-bond donors (Lipinski definition) is 2. The Labute approximate surface area is 114 Å². The standard InChI is InChI=1S/C10H10Br2N2OS/c11-6-3-7(16-5-6)4-8(14-13)9-1-2-10(12)15-9/h1-3,5,8,14H,4,13H2. The largest absolute Gasteiger partial charge is 0.453 e. The minimum atomic E-state index is -0.00292. The molecular formula is C10H10Br2N2OS. The third-order valence-electron chi connectivity index (χ3n) is 2.17. The van der Waals surface area contributed by atoms with Gasteiger partial charge in [-0.25, -0.2) is 5.43 Å². The molecule has 2 heterocycles. The molecule has 2 aromatic rings. The fourth-order valence-corrected chi connectivity index (χ4v) is 3.24. The van der Waals surface area contributed by atoms with Crippen molar-refractivity contribution in [3.05, 3.63) is 43.4 Å². The van der Waals surface area contributed by atoms with Gasteiger partial charge in [0, 0.05) is 21.2 Å². The molecule has 0 aliphatic carbocycles. The minimum absolute atomic E-state index is 0.00292. The zero-order valence-corrected chi connectivity index (χ0v) is 12.2. The molecule has 1 unspecified atom stereocenters. The lowest BCUT2D eigenvalue weighted by Crippen LogP contribution is -2.29. The molecule has 0 aliphatic rings. The molecule has 0 aliphatic heterocycles. The highest BCUT2D eigenvalue weighted by Crippen LogP contribution is 2.27. The molecule has 16 heavy (non-hydrogen) atoms. The molecule has 0 spiro atoms. The van der Waals surface area contributed by atoms with Gasteiger partial charge in [-0.15, -0.1) is 11.3 Å². The van der Waals surface area contributed by atoms with Crippen molar-refractivity contribution in [1.82, 2.24) is 5.43 Å². The summed E-state index contributed by atoms with van der Waals surface area (Å²) >= 11 is 8.41. The van der Waals surface area contributed by atoms with E-state index in [9.17, 15) is 0 Å². The van der Waals surface area contributed by atoms with Crippen molar-refractivity contribution in [1.29, 1.82) is 0 Å². The van der Waals surface area contributed by atoms with Gasteiger partial charge < -0.3 is 4.42 Å². The van der Waals surface area contributed by atoms with Gasteiger partial charge in [0.05, 0.1) is 6.04 Å². The average Bonchev–Trinajstić information content (AvgIpc) is 2.84. The maximum absolute atomic E-state index is 5.54. The van der Waals surface area contributed by atoms with Crippen LogP contribution in [0.5, 0.6) is 0 Å². The van der Waals surface area contributed by atoms with Crippen LogP contribution < -0.4 is 11.3 Å². The van der Waals surface area contributed by atoms with E-state index in [1.807, 2.05) is 12.1 Å². The Hall–Kier alpha value is -0.140. The normalized spacial score (nSPS) is 12.9. The van der Waals surface area contributed by atoms with E-state index in [-0.39, 0.29) is 6.04 Å².